The summed E-state index contributed by atoms with van der Waals surface area (Å²) in [5.41, 5.74) is 0.695. The maximum Gasteiger partial charge on any atom is 0.258 e. The van der Waals surface area contributed by atoms with Crippen LogP contribution in [0.25, 0.3) is 0 Å². The number of ether oxygens (including phenoxy) is 1. The van der Waals surface area contributed by atoms with Gasteiger partial charge >= 0.3 is 0 Å². The van der Waals surface area contributed by atoms with Crippen LogP contribution >= 0.6 is 11.6 Å². The van der Waals surface area contributed by atoms with Gasteiger partial charge in [-0.05, 0) is 42.5 Å². The number of hydrogen-bond donors (Lipinski definition) is 4. The Bertz CT molecular complexity index is 1210. The summed E-state index contributed by atoms with van der Waals surface area (Å²) in [5, 5.41) is 8.68. The highest BCUT2D eigenvalue weighted by molar-refractivity contribution is 6.30. The fraction of sp³-hybridized carbons (Fsp3) is 0.143. The summed E-state index contributed by atoms with van der Waals surface area (Å²) in [7, 11) is 1.56. The van der Waals surface area contributed by atoms with E-state index in [1.807, 2.05) is 0 Å². The van der Waals surface area contributed by atoms with Crippen molar-refractivity contribution in [3.8, 4) is 5.75 Å². The van der Waals surface area contributed by atoms with Crippen molar-refractivity contribution in [2.75, 3.05) is 23.1 Å². The molecule has 10 heteroatoms. The molecule has 0 saturated carbocycles. The first-order chi connectivity index (χ1) is 14.9. The van der Waals surface area contributed by atoms with E-state index in [9.17, 15) is 14.4 Å². The average Bonchev–Trinajstić information content (AvgIpc) is 2.73. The van der Waals surface area contributed by atoms with Crippen molar-refractivity contribution in [1.29, 1.82) is 0 Å². The van der Waals surface area contributed by atoms with Crippen molar-refractivity contribution in [3.05, 3.63) is 69.5 Å². The predicted molar refractivity (Wildman–Crippen MR) is 117 cm³/mol. The molecule has 0 radical (unpaired) electrons. The molecule has 0 unspecified atom stereocenters. The molecule has 3 aromatic rings. The lowest BCUT2D eigenvalue weighted by atomic mass is 9.92. The second-order valence-corrected chi connectivity index (χ2v) is 7.27. The van der Waals surface area contributed by atoms with Gasteiger partial charge in [-0.25, -0.2) is 0 Å². The number of fused-ring (bicyclic) bond motifs is 1. The second kappa shape index (κ2) is 8.49. The molecule has 2 amide bonds. The van der Waals surface area contributed by atoms with Crippen molar-refractivity contribution in [1.82, 2.24) is 9.97 Å². The van der Waals surface area contributed by atoms with E-state index in [1.54, 1.807) is 55.6 Å². The first-order valence-corrected chi connectivity index (χ1v) is 9.72. The number of amides is 2. The van der Waals surface area contributed by atoms with Crippen LogP contribution in [0.2, 0.25) is 5.02 Å². The average molecular weight is 440 g/mol. The van der Waals surface area contributed by atoms with Crippen LogP contribution in [-0.4, -0.2) is 28.9 Å². The minimum Gasteiger partial charge on any atom is -0.497 e. The molecular weight excluding hydrogens is 422 g/mol. The van der Waals surface area contributed by atoms with Crippen molar-refractivity contribution >= 4 is 46.6 Å². The van der Waals surface area contributed by atoms with Gasteiger partial charge in [0.15, 0.2) is 0 Å². The lowest BCUT2D eigenvalue weighted by Gasteiger charge is -2.23. The largest absolute Gasteiger partial charge is 0.497 e. The van der Waals surface area contributed by atoms with E-state index >= 15 is 0 Å². The maximum atomic E-state index is 12.8. The molecule has 0 spiro atoms. The van der Waals surface area contributed by atoms with E-state index in [2.05, 4.69) is 25.9 Å². The Morgan fingerprint density at radius 3 is 2.65 bits per heavy atom. The zero-order valence-electron chi connectivity index (χ0n) is 16.4. The molecule has 0 aliphatic carbocycles. The van der Waals surface area contributed by atoms with Crippen LogP contribution in [0.5, 0.6) is 5.75 Å². The topological polar surface area (TPSA) is 125 Å². The highest BCUT2D eigenvalue weighted by atomic mass is 35.5. The van der Waals surface area contributed by atoms with Gasteiger partial charge in [0.05, 0.1) is 18.6 Å². The van der Waals surface area contributed by atoms with Crippen molar-refractivity contribution in [3.63, 3.8) is 0 Å². The van der Waals surface area contributed by atoms with Crippen molar-refractivity contribution in [2.45, 2.75) is 12.3 Å². The van der Waals surface area contributed by atoms with Gasteiger partial charge in [-0.15, -0.1) is 0 Å². The number of aromatic nitrogens is 2. The first kappa shape index (κ1) is 20.4. The zero-order chi connectivity index (χ0) is 22.0. The van der Waals surface area contributed by atoms with Crippen LogP contribution in [0.15, 0.2) is 53.3 Å². The summed E-state index contributed by atoms with van der Waals surface area (Å²) in [4.78, 5) is 44.7. The number of aromatic amines is 1. The summed E-state index contributed by atoms with van der Waals surface area (Å²) < 4.78 is 5.11. The summed E-state index contributed by atoms with van der Waals surface area (Å²) in [6.07, 6.45) is -0.171. The third-order valence-electron chi connectivity index (χ3n) is 4.71. The lowest BCUT2D eigenvalue weighted by molar-refractivity contribution is -0.123. The van der Waals surface area contributed by atoms with E-state index in [0.29, 0.717) is 22.1 Å². The van der Waals surface area contributed by atoms with E-state index in [-0.39, 0.29) is 23.8 Å². The fourth-order valence-corrected chi connectivity index (χ4v) is 3.45. The number of anilines is 4. The van der Waals surface area contributed by atoms with Crippen molar-refractivity contribution in [2.24, 2.45) is 0 Å². The highest BCUT2D eigenvalue weighted by Gasteiger charge is 2.34. The molecule has 2 aromatic carbocycles. The van der Waals surface area contributed by atoms with Gasteiger partial charge in [-0.1, -0.05) is 17.7 Å². The van der Waals surface area contributed by atoms with Gasteiger partial charge in [0.2, 0.25) is 17.8 Å². The van der Waals surface area contributed by atoms with Gasteiger partial charge in [0, 0.05) is 22.8 Å². The first-order valence-electron chi connectivity index (χ1n) is 9.34. The van der Waals surface area contributed by atoms with E-state index in [4.69, 9.17) is 16.3 Å². The summed E-state index contributed by atoms with van der Waals surface area (Å²) in [6, 6.07) is 13.6. The molecule has 9 nitrogen and oxygen atoms in total. The third-order valence-corrected chi connectivity index (χ3v) is 4.95. The van der Waals surface area contributed by atoms with Crippen LogP contribution in [-0.2, 0) is 9.59 Å². The normalized spacial score (nSPS) is 14.9. The van der Waals surface area contributed by atoms with Gasteiger partial charge in [0.1, 0.15) is 11.6 Å². The second-order valence-electron chi connectivity index (χ2n) is 6.83. The standard InChI is InChI=1S/C21H18ClN5O4/c1-31-14-7-5-12(6-8-14)24-21-26-18-17(20(30)27-21)15(10-16(28)25-18)19(29)23-13-4-2-3-11(22)9-13/h2-9,15H,10H2,1H3,(H,23,29)(H3,24,25,26,27,28,30)/t15-/m1/s1. The molecule has 2 heterocycles. The van der Waals surface area contributed by atoms with Crippen LogP contribution < -0.4 is 26.2 Å². The van der Waals surface area contributed by atoms with Gasteiger partial charge in [0.25, 0.3) is 5.56 Å². The van der Waals surface area contributed by atoms with Crippen molar-refractivity contribution < 1.29 is 14.3 Å². The Morgan fingerprint density at radius 2 is 1.94 bits per heavy atom. The van der Waals surface area contributed by atoms with Crippen LogP contribution in [0.4, 0.5) is 23.1 Å². The molecule has 4 rings (SSSR count). The number of methoxy groups -OCH3 is 1. The zero-order valence-corrected chi connectivity index (χ0v) is 17.1. The Kier molecular flexibility index (Phi) is 5.59. The lowest BCUT2D eigenvalue weighted by Crippen LogP contribution is -2.36. The Labute approximate surface area is 181 Å². The predicted octanol–water partition coefficient (Wildman–Crippen LogP) is 3.24. The number of carbonyl (C=O) groups is 2. The Morgan fingerprint density at radius 1 is 1.16 bits per heavy atom. The van der Waals surface area contributed by atoms with E-state index in [0.717, 1.165) is 0 Å². The maximum absolute atomic E-state index is 12.8. The number of H-pyrrole nitrogens is 1. The molecule has 1 atom stereocenters. The van der Waals surface area contributed by atoms with Gasteiger partial charge < -0.3 is 20.7 Å². The number of halogens is 1. The Hall–Kier alpha value is -3.85. The molecule has 4 N–H and O–H groups in total. The quantitative estimate of drug-likeness (QED) is 0.483. The molecule has 158 valence electrons. The number of nitrogens with one attached hydrogen (secondary N) is 4. The number of hydrogen-bond acceptors (Lipinski definition) is 6. The minimum absolute atomic E-state index is 0.0438. The van der Waals surface area contributed by atoms with Gasteiger partial charge in [-0.3, -0.25) is 19.4 Å². The molecule has 0 fully saturated rings. The van der Waals surface area contributed by atoms with Crippen LogP contribution in [0, 0.1) is 0 Å². The fourth-order valence-electron chi connectivity index (χ4n) is 3.26. The summed E-state index contributed by atoms with van der Waals surface area (Å²) in [5.74, 6) is -1.05. The van der Waals surface area contributed by atoms with Crippen LogP contribution in [0.1, 0.15) is 17.9 Å². The number of rotatable bonds is 5. The molecule has 0 saturated heterocycles. The minimum atomic E-state index is -0.992. The summed E-state index contributed by atoms with van der Waals surface area (Å²) >= 11 is 5.95. The SMILES string of the molecule is COc1ccc(Nc2nc3c(c(=O)[nH]2)[C@H](C(=O)Nc2cccc(Cl)c2)CC(=O)N3)cc1. The molecule has 1 aliphatic rings. The number of nitrogens with zero attached hydrogens (tertiary/aromatic N) is 1. The monoisotopic (exact) mass is 439 g/mol. The molecule has 31 heavy (non-hydrogen) atoms. The van der Waals surface area contributed by atoms with Crippen LogP contribution in [0.3, 0.4) is 0 Å². The summed E-state index contributed by atoms with van der Waals surface area (Å²) in [6.45, 7) is 0. The molecular formula is C21H18ClN5O4. The number of benzene rings is 2. The smallest absolute Gasteiger partial charge is 0.258 e. The molecule has 1 aromatic heterocycles. The Balaban J connectivity index is 1.61. The van der Waals surface area contributed by atoms with E-state index in [1.165, 1.54) is 0 Å². The van der Waals surface area contributed by atoms with Gasteiger partial charge in [-0.2, -0.15) is 4.98 Å². The third kappa shape index (κ3) is 4.51. The highest BCUT2D eigenvalue weighted by Crippen LogP contribution is 2.30. The molecule has 0 bridgehead atoms. The van der Waals surface area contributed by atoms with E-state index < -0.39 is 23.3 Å². The molecule has 1 aliphatic heterocycles. The number of carbonyl (C=O) groups excluding carboxylic acids is 2.